The Balaban J connectivity index is 1.65. The summed E-state index contributed by atoms with van der Waals surface area (Å²) >= 11 is 6.72. The van der Waals surface area contributed by atoms with Crippen molar-refractivity contribution in [2.45, 2.75) is 20.3 Å². The number of H-pyrrole nitrogens is 1. The fourth-order valence-electron chi connectivity index (χ4n) is 3.92. The van der Waals surface area contributed by atoms with Crippen LogP contribution in [0.4, 0.5) is 0 Å². The first-order chi connectivity index (χ1) is 17.4. The monoisotopic (exact) mass is 529 g/mol. The van der Waals surface area contributed by atoms with Crippen molar-refractivity contribution in [3.8, 4) is 23.0 Å². The molecule has 4 rings (SSSR count). The highest BCUT2D eigenvalue weighted by molar-refractivity contribution is 7.73. The molecule has 36 heavy (non-hydrogen) atoms. The molecule has 2 N–H and O–H groups in total. The van der Waals surface area contributed by atoms with Crippen LogP contribution in [0.15, 0.2) is 35.1 Å². The number of hydrogen-bond acceptors (Lipinski definition) is 8. The Hall–Kier alpha value is -3.57. The predicted molar refractivity (Wildman–Crippen MR) is 142 cm³/mol. The standard InChI is InChI=1S/C25H27N3O6S2/c1-5-33-19-12-15-16(13-20(19)34-6-2)28-22(27-23(15)29)21(36-25(28)35)24(30)26-10-9-14-7-8-17(31-3)18(11-14)32-4/h7-8,11-13H,5-6,9-10H2,1-4H3,(H,26,30)(H,27,29). The number of benzene rings is 2. The third-order valence-electron chi connectivity index (χ3n) is 5.54. The number of methoxy groups -OCH3 is 2. The minimum absolute atomic E-state index is 0.319. The molecule has 0 unspecified atom stereocenters. The minimum Gasteiger partial charge on any atom is -0.493 e. The number of nitrogens with one attached hydrogen (secondary N) is 2. The summed E-state index contributed by atoms with van der Waals surface area (Å²) < 4.78 is 24.1. The van der Waals surface area contributed by atoms with Crippen molar-refractivity contribution in [3.63, 3.8) is 0 Å². The van der Waals surface area contributed by atoms with Crippen LogP contribution in [0.5, 0.6) is 23.0 Å². The molecule has 0 fully saturated rings. The van der Waals surface area contributed by atoms with Gasteiger partial charge in [-0.15, -0.1) is 0 Å². The number of carbonyl (C=O) groups excluding carboxylic acids is 1. The molecule has 0 bridgehead atoms. The Morgan fingerprint density at radius 1 is 1.03 bits per heavy atom. The molecule has 1 amide bonds. The van der Waals surface area contributed by atoms with Gasteiger partial charge in [0.15, 0.2) is 27.0 Å². The molecule has 2 heterocycles. The second-order valence-corrected chi connectivity index (χ2v) is 9.36. The lowest BCUT2D eigenvalue weighted by molar-refractivity contribution is 0.0959. The van der Waals surface area contributed by atoms with E-state index >= 15 is 0 Å². The second kappa shape index (κ2) is 11.0. The van der Waals surface area contributed by atoms with Gasteiger partial charge in [0.05, 0.1) is 38.3 Å². The van der Waals surface area contributed by atoms with Gasteiger partial charge in [0.2, 0.25) is 0 Å². The number of ether oxygens (including phenoxy) is 4. The highest BCUT2D eigenvalue weighted by atomic mass is 32.1. The van der Waals surface area contributed by atoms with Gasteiger partial charge >= 0.3 is 0 Å². The largest absolute Gasteiger partial charge is 0.493 e. The van der Waals surface area contributed by atoms with Crippen molar-refractivity contribution in [1.29, 1.82) is 0 Å². The van der Waals surface area contributed by atoms with E-state index in [4.69, 9.17) is 31.2 Å². The normalized spacial score (nSPS) is 11.0. The molecule has 0 radical (unpaired) electrons. The van der Waals surface area contributed by atoms with Gasteiger partial charge in [-0.2, -0.15) is 0 Å². The van der Waals surface area contributed by atoms with Crippen molar-refractivity contribution < 1.29 is 23.7 Å². The first kappa shape index (κ1) is 25.5. The fourth-order valence-corrected chi connectivity index (χ4v) is 5.22. The summed E-state index contributed by atoms with van der Waals surface area (Å²) in [6.07, 6.45) is 0.584. The van der Waals surface area contributed by atoms with E-state index in [9.17, 15) is 9.59 Å². The molecule has 0 atom stereocenters. The van der Waals surface area contributed by atoms with E-state index in [1.165, 1.54) is 0 Å². The average molecular weight is 530 g/mol. The van der Waals surface area contributed by atoms with Crippen LogP contribution in [0.2, 0.25) is 0 Å². The molecule has 9 nitrogen and oxygen atoms in total. The topological polar surface area (TPSA) is 103 Å². The highest BCUT2D eigenvalue weighted by Crippen LogP contribution is 2.33. The first-order valence-electron chi connectivity index (χ1n) is 11.4. The van der Waals surface area contributed by atoms with Crippen LogP contribution in [0.1, 0.15) is 29.1 Å². The van der Waals surface area contributed by atoms with E-state index < -0.39 is 0 Å². The molecule has 0 aliphatic carbocycles. The molecule has 4 aromatic rings. The number of thiazole rings is 1. The van der Waals surface area contributed by atoms with Gasteiger partial charge in [-0.3, -0.25) is 14.0 Å². The van der Waals surface area contributed by atoms with Gasteiger partial charge in [0, 0.05) is 12.6 Å². The van der Waals surface area contributed by atoms with Crippen LogP contribution in [-0.2, 0) is 6.42 Å². The lowest BCUT2D eigenvalue weighted by Gasteiger charge is -2.13. The van der Waals surface area contributed by atoms with Crippen molar-refractivity contribution in [2.24, 2.45) is 0 Å². The molecule has 0 aliphatic rings. The lowest BCUT2D eigenvalue weighted by Crippen LogP contribution is -2.25. The molecule has 0 saturated carbocycles. The molecule has 190 valence electrons. The van der Waals surface area contributed by atoms with Crippen LogP contribution >= 0.6 is 23.6 Å². The maximum Gasteiger partial charge on any atom is 0.265 e. The summed E-state index contributed by atoms with van der Waals surface area (Å²) in [6.45, 7) is 4.97. The summed E-state index contributed by atoms with van der Waals surface area (Å²) in [5, 5.41) is 3.31. The van der Waals surface area contributed by atoms with Crippen molar-refractivity contribution >= 4 is 46.0 Å². The van der Waals surface area contributed by atoms with Crippen molar-refractivity contribution in [1.82, 2.24) is 14.7 Å². The molecular formula is C25H27N3O6S2. The smallest absolute Gasteiger partial charge is 0.265 e. The van der Waals surface area contributed by atoms with Gasteiger partial charge < -0.3 is 29.2 Å². The molecule has 0 saturated heterocycles. The molecule has 0 spiro atoms. The summed E-state index contributed by atoms with van der Waals surface area (Å²) in [7, 11) is 3.16. The second-order valence-electron chi connectivity index (χ2n) is 7.71. The SMILES string of the molecule is CCOc1cc2c(=O)[nH]c3c(C(=O)NCCc4ccc(OC)c(OC)c4)sc(=S)n3c2cc1OCC. The van der Waals surface area contributed by atoms with E-state index in [1.807, 2.05) is 32.0 Å². The van der Waals surface area contributed by atoms with E-state index in [0.717, 1.165) is 16.9 Å². The van der Waals surface area contributed by atoms with Gasteiger partial charge in [-0.1, -0.05) is 17.4 Å². The number of aromatic nitrogens is 2. The molecule has 0 aliphatic heterocycles. The zero-order valence-corrected chi connectivity index (χ0v) is 22.1. The van der Waals surface area contributed by atoms with E-state index in [1.54, 1.807) is 30.8 Å². The molecule has 2 aromatic carbocycles. The Morgan fingerprint density at radius 3 is 2.39 bits per heavy atom. The summed E-state index contributed by atoms with van der Waals surface area (Å²) in [5.41, 5.74) is 1.53. The molecule has 11 heteroatoms. The fraction of sp³-hybridized carbons (Fsp3) is 0.320. The Kier molecular flexibility index (Phi) is 7.80. The first-order valence-corrected chi connectivity index (χ1v) is 12.6. The Labute approximate surface area is 216 Å². The van der Waals surface area contributed by atoms with E-state index in [-0.39, 0.29) is 11.5 Å². The number of rotatable bonds is 10. The number of aromatic amines is 1. The van der Waals surface area contributed by atoms with Crippen LogP contribution in [0.25, 0.3) is 16.6 Å². The maximum atomic E-state index is 13.1. The number of fused-ring (bicyclic) bond motifs is 3. The molecule has 2 aromatic heterocycles. The van der Waals surface area contributed by atoms with Gasteiger partial charge in [-0.05, 0) is 56.2 Å². The summed E-state index contributed by atoms with van der Waals surface area (Å²) in [5.74, 6) is 1.93. The van der Waals surface area contributed by atoms with Crippen LogP contribution < -0.4 is 29.8 Å². The zero-order valence-electron chi connectivity index (χ0n) is 20.4. The van der Waals surface area contributed by atoms with Crippen LogP contribution in [0, 0.1) is 3.95 Å². The maximum absolute atomic E-state index is 13.1. The Morgan fingerprint density at radius 2 is 1.72 bits per heavy atom. The number of carbonyl (C=O) groups is 1. The van der Waals surface area contributed by atoms with Gasteiger partial charge in [0.25, 0.3) is 11.5 Å². The summed E-state index contributed by atoms with van der Waals surface area (Å²) in [4.78, 5) is 29.2. The van der Waals surface area contributed by atoms with Crippen molar-refractivity contribution in [3.05, 3.63) is 55.1 Å². The van der Waals surface area contributed by atoms with E-state index in [2.05, 4.69) is 10.3 Å². The molecular weight excluding hydrogens is 502 g/mol. The van der Waals surface area contributed by atoms with E-state index in [0.29, 0.717) is 74.6 Å². The average Bonchev–Trinajstić information content (AvgIpc) is 3.20. The third kappa shape index (κ3) is 4.89. The predicted octanol–water partition coefficient (Wildman–Crippen LogP) is 4.36. The minimum atomic E-state index is -0.346. The van der Waals surface area contributed by atoms with Gasteiger partial charge in [0.1, 0.15) is 10.5 Å². The summed E-state index contributed by atoms with van der Waals surface area (Å²) in [6, 6.07) is 8.99. The van der Waals surface area contributed by atoms with Crippen molar-refractivity contribution in [2.75, 3.05) is 34.0 Å². The highest BCUT2D eigenvalue weighted by Gasteiger charge is 2.20. The third-order valence-corrected chi connectivity index (χ3v) is 6.92. The lowest BCUT2D eigenvalue weighted by atomic mass is 10.1. The van der Waals surface area contributed by atoms with Crippen LogP contribution in [0.3, 0.4) is 0 Å². The quantitative estimate of drug-likeness (QED) is 0.294. The van der Waals surface area contributed by atoms with Crippen LogP contribution in [-0.4, -0.2) is 49.3 Å². The Bertz CT molecular complexity index is 1540. The van der Waals surface area contributed by atoms with Gasteiger partial charge in [-0.25, -0.2) is 0 Å². The number of hydrogen-bond donors (Lipinski definition) is 2. The number of amides is 1. The zero-order chi connectivity index (χ0) is 25.8. The number of nitrogens with zero attached hydrogens (tertiary/aromatic N) is 1.